The summed E-state index contributed by atoms with van der Waals surface area (Å²) < 4.78 is 33.1. The quantitative estimate of drug-likeness (QED) is 0.0439. The number of hydrogen-bond donors (Lipinski definition) is 3. The van der Waals surface area contributed by atoms with Crippen LogP contribution in [0.4, 0.5) is 0 Å². The highest BCUT2D eigenvalue weighted by atomic mass is 17.0. The lowest BCUT2D eigenvalue weighted by Gasteiger charge is -2.40. The number of ether oxygens (including phenoxy) is 6. The van der Waals surface area contributed by atoms with Crippen molar-refractivity contribution < 1.29 is 53.3 Å². The Labute approximate surface area is 288 Å². The van der Waals surface area contributed by atoms with Crippen molar-refractivity contribution in [1.82, 2.24) is 0 Å². The maximum atomic E-state index is 12.7. The van der Waals surface area contributed by atoms with E-state index in [2.05, 4.69) is 13.8 Å². The van der Waals surface area contributed by atoms with E-state index in [4.69, 9.17) is 28.4 Å². The third kappa shape index (κ3) is 14.9. The first-order valence-electron chi connectivity index (χ1n) is 19.3. The molecule has 0 aromatic heterocycles. The lowest BCUT2D eigenvalue weighted by molar-refractivity contribution is -0.321. The molecule has 3 heterocycles. The highest BCUT2D eigenvalue weighted by Gasteiger charge is 2.84. The Balaban J connectivity index is 1.34. The van der Waals surface area contributed by atoms with Crippen LogP contribution < -0.4 is 0 Å². The number of unbranched alkanes of at least 4 members (excludes halogenated alkanes) is 19. The average molecular weight is 687 g/mol. The fourth-order valence-corrected chi connectivity index (χ4v) is 6.37. The number of epoxide rings is 2. The molecule has 3 saturated heterocycles. The van der Waals surface area contributed by atoms with Gasteiger partial charge < -0.3 is 43.7 Å². The molecule has 0 amide bonds. The number of esters is 2. The van der Waals surface area contributed by atoms with Gasteiger partial charge in [0.15, 0.2) is 12.4 Å². The fraction of sp³-hybridized carbons (Fsp3) is 0.946. The number of rotatable bonds is 30. The van der Waals surface area contributed by atoms with E-state index in [1.165, 1.54) is 96.3 Å². The normalized spacial score (nSPS) is 28.1. The van der Waals surface area contributed by atoms with Gasteiger partial charge in [0.05, 0.1) is 6.61 Å². The summed E-state index contributed by atoms with van der Waals surface area (Å²) in [6.07, 6.45) is 16.8. The second kappa shape index (κ2) is 23.2. The van der Waals surface area contributed by atoms with Gasteiger partial charge in [-0.25, -0.2) is 0 Å². The van der Waals surface area contributed by atoms with Crippen LogP contribution in [0.2, 0.25) is 0 Å². The number of aliphatic hydroxyl groups is 3. The van der Waals surface area contributed by atoms with Gasteiger partial charge in [-0.1, -0.05) is 136 Å². The number of fused-ring (bicyclic) bond motifs is 1. The Hall–Kier alpha value is -1.34. The van der Waals surface area contributed by atoms with Gasteiger partial charge in [0.25, 0.3) is 5.79 Å². The highest BCUT2D eigenvalue weighted by Crippen LogP contribution is 2.60. The van der Waals surface area contributed by atoms with E-state index in [0.717, 1.165) is 32.1 Å². The van der Waals surface area contributed by atoms with E-state index >= 15 is 0 Å². The zero-order chi connectivity index (χ0) is 34.6. The lowest BCUT2D eigenvalue weighted by atomic mass is 9.96. The molecule has 3 N–H and O–H groups in total. The molecule has 0 unspecified atom stereocenters. The van der Waals surface area contributed by atoms with Gasteiger partial charge in [0.2, 0.25) is 6.29 Å². The number of hydrogen-bond acceptors (Lipinski definition) is 11. The number of carbonyl (C=O) groups excluding carboxylic acids is 2. The minimum absolute atomic E-state index is 0.199. The molecule has 3 rings (SSSR count). The van der Waals surface area contributed by atoms with Crippen LogP contribution in [0.15, 0.2) is 0 Å². The summed E-state index contributed by atoms with van der Waals surface area (Å²) in [5.41, 5.74) is 0. The first-order chi connectivity index (χ1) is 23.3. The van der Waals surface area contributed by atoms with Crippen molar-refractivity contribution in [3.05, 3.63) is 0 Å². The fourth-order valence-electron chi connectivity index (χ4n) is 6.37. The van der Waals surface area contributed by atoms with Crippen LogP contribution in [0.1, 0.15) is 162 Å². The SMILES string of the molecule is CCCCCCCCCCCCCCCC(=O)O[C@H](COC(=O)CCCCCCCCCC)CO[C@@H]1O[C@H](C23OC2O3)[C@H](O)[C@H](O)[C@H]1O. The summed E-state index contributed by atoms with van der Waals surface area (Å²) >= 11 is 0. The first-order valence-corrected chi connectivity index (χ1v) is 19.3. The standard InChI is InChI=1S/C37H66O11/c1-3-5-7-9-11-13-14-15-16-17-19-21-23-25-30(39)45-28(26-43-29(38)24-22-20-18-12-10-8-6-4-2)27-44-35-33(42)31(40)32(41)34(46-35)37-36(47-37)48-37/h28,31-36,40-42H,3-27H2,1-2H3/t28-,31+,32-,33-,34+,35-,36?,37?/m1/s1. The van der Waals surface area contributed by atoms with E-state index < -0.39 is 54.9 Å². The Morgan fingerprint density at radius 2 is 1.04 bits per heavy atom. The van der Waals surface area contributed by atoms with Crippen LogP contribution in [0, 0.1) is 0 Å². The molecule has 0 spiro atoms. The molecule has 0 radical (unpaired) electrons. The van der Waals surface area contributed by atoms with Crippen molar-refractivity contribution in [1.29, 1.82) is 0 Å². The van der Waals surface area contributed by atoms with Crippen LogP contribution >= 0.6 is 0 Å². The first kappa shape index (κ1) is 41.1. The Kier molecular flexibility index (Phi) is 19.9. The number of aliphatic hydroxyl groups excluding tert-OH is 3. The van der Waals surface area contributed by atoms with Gasteiger partial charge in [-0.2, -0.15) is 0 Å². The second-order valence-electron chi connectivity index (χ2n) is 14.0. The van der Waals surface area contributed by atoms with Crippen LogP contribution in [0.5, 0.6) is 0 Å². The van der Waals surface area contributed by atoms with Gasteiger partial charge in [-0.05, 0) is 12.8 Å². The van der Waals surface area contributed by atoms with E-state index in [0.29, 0.717) is 6.42 Å². The molecule has 0 aliphatic carbocycles. The molecule has 3 aliphatic heterocycles. The molecule has 3 aliphatic rings. The Bertz CT molecular complexity index is 879. The van der Waals surface area contributed by atoms with Crippen molar-refractivity contribution in [2.75, 3.05) is 13.2 Å². The maximum absolute atomic E-state index is 12.7. The maximum Gasteiger partial charge on any atom is 0.306 e. The minimum Gasteiger partial charge on any atom is -0.462 e. The molecule has 11 heteroatoms. The number of carbonyl (C=O) groups is 2. The predicted molar refractivity (Wildman–Crippen MR) is 180 cm³/mol. The summed E-state index contributed by atoms with van der Waals surface area (Å²) in [4.78, 5) is 25.2. The molecule has 6 atom stereocenters. The van der Waals surface area contributed by atoms with Crippen molar-refractivity contribution in [2.45, 2.75) is 210 Å². The smallest absolute Gasteiger partial charge is 0.306 e. The monoisotopic (exact) mass is 686 g/mol. The molecular formula is C37H66O11. The molecule has 3 fully saturated rings. The topological polar surface area (TPSA) is 157 Å². The molecule has 0 saturated carbocycles. The molecule has 48 heavy (non-hydrogen) atoms. The van der Waals surface area contributed by atoms with Crippen LogP contribution in [0.3, 0.4) is 0 Å². The Morgan fingerprint density at radius 3 is 1.50 bits per heavy atom. The van der Waals surface area contributed by atoms with E-state index in [1.54, 1.807) is 0 Å². The van der Waals surface area contributed by atoms with E-state index in [-0.39, 0.29) is 32.0 Å². The molecule has 280 valence electrons. The lowest BCUT2D eigenvalue weighted by Crippen LogP contribution is -2.61. The van der Waals surface area contributed by atoms with Crippen molar-refractivity contribution in [3.63, 3.8) is 0 Å². The van der Waals surface area contributed by atoms with Crippen molar-refractivity contribution in [2.24, 2.45) is 0 Å². The largest absolute Gasteiger partial charge is 0.462 e. The summed E-state index contributed by atoms with van der Waals surface area (Å²) in [6.45, 7) is 4.00. The minimum atomic E-state index is -1.56. The van der Waals surface area contributed by atoms with Crippen molar-refractivity contribution in [3.8, 4) is 0 Å². The Morgan fingerprint density at radius 1 is 0.604 bits per heavy atom. The zero-order valence-corrected chi connectivity index (χ0v) is 29.8. The third-order valence-electron chi connectivity index (χ3n) is 9.66. The second-order valence-corrected chi connectivity index (χ2v) is 14.0. The summed E-state index contributed by atoms with van der Waals surface area (Å²) in [6, 6.07) is 0. The summed E-state index contributed by atoms with van der Waals surface area (Å²) in [5, 5.41) is 31.2. The third-order valence-corrected chi connectivity index (χ3v) is 9.66. The predicted octanol–water partition coefficient (Wildman–Crippen LogP) is 6.36. The van der Waals surface area contributed by atoms with Gasteiger partial charge in [0, 0.05) is 12.8 Å². The molecule has 0 bridgehead atoms. The van der Waals surface area contributed by atoms with E-state index in [1.807, 2.05) is 0 Å². The van der Waals surface area contributed by atoms with Crippen LogP contribution in [-0.4, -0.2) is 89.4 Å². The van der Waals surface area contributed by atoms with Gasteiger partial charge in [-0.3, -0.25) is 9.59 Å². The zero-order valence-electron chi connectivity index (χ0n) is 29.8. The van der Waals surface area contributed by atoms with Gasteiger partial charge in [-0.15, -0.1) is 0 Å². The van der Waals surface area contributed by atoms with Crippen LogP contribution in [-0.2, 0) is 38.0 Å². The molecule has 0 aromatic carbocycles. The van der Waals surface area contributed by atoms with Crippen molar-refractivity contribution >= 4 is 11.9 Å². The van der Waals surface area contributed by atoms with Crippen LogP contribution in [0.25, 0.3) is 0 Å². The molecular weight excluding hydrogens is 620 g/mol. The molecule has 0 aromatic rings. The van der Waals surface area contributed by atoms with Gasteiger partial charge >= 0.3 is 11.9 Å². The highest BCUT2D eigenvalue weighted by molar-refractivity contribution is 5.70. The summed E-state index contributed by atoms with van der Waals surface area (Å²) in [7, 11) is 0. The average Bonchev–Trinajstić information content (AvgIpc) is 3.97. The summed E-state index contributed by atoms with van der Waals surface area (Å²) in [5.74, 6) is -1.90. The molecule has 11 nitrogen and oxygen atoms in total. The van der Waals surface area contributed by atoms with E-state index in [9.17, 15) is 24.9 Å². The van der Waals surface area contributed by atoms with Gasteiger partial charge in [0.1, 0.15) is 31.0 Å².